The lowest BCUT2D eigenvalue weighted by molar-refractivity contribution is 0.588. The second-order valence-electron chi connectivity index (χ2n) is 5.58. The largest absolute Gasteiger partial charge is 0.383 e. The number of nitrogens with two attached hydrogens (primary N) is 1. The molecule has 2 heterocycles. The van der Waals surface area contributed by atoms with Crippen molar-refractivity contribution >= 4 is 51.9 Å². The van der Waals surface area contributed by atoms with Crippen LogP contribution in [0.3, 0.4) is 0 Å². The van der Waals surface area contributed by atoms with Gasteiger partial charge in [-0.3, -0.25) is 0 Å². The van der Waals surface area contributed by atoms with E-state index in [4.69, 9.17) is 5.73 Å². The Morgan fingerprint density at radius 2 is 1.82 bits per heavy atom. The summed E-state index contributed by atoms with van der Waals surface area (Å²) in [6.07, 6.45) is 1.48. The first kappa shape index (κ1) is 15.5. The first-order valence-corrected chi connectivity index (χ1v) is 10.4. The van der Waals surface area contributed by atoms with Crippen LogP contribution in [0.25, 0.3) is 22.2 Å². The molecule has 5 nitrogen and oxygen atoms in total. The first-order chi connectivity index (χ1) is 10.3. The molecular weight excluding hydrogens is 410 g/mol. The maximum atomic E-state index is 12.2. The van der Waals surface area contributed by atoms with E-state index in [0.29, 0.717) is 5.82 Å². The predicted octanol–water partition coefficient (Wildman–Crippen LogP) is 3.07. The van der Waals surface area contributed by atoms with Gasteiger partial charge in [0, 0.05) is 17.9 Å². The predicted molar refractivity (Wildman–Crippen MR) is 100 cm³/mol. The number of nitrogens with zero attached hydrogens (tertiary/aromatic N) is 3. The summed E-state index contributed by atoms with van der Waals surface area (Å²) >= 11 is 2.29. The smallest absolute Gasteiger partial charge is 0.146 e. The van der Waals surface area contributed by atoms with E-state index in [1.54, 1.807) is 13.3 Å². The third-order valence-corrected chi connectivity index (χ3v) is 6.51. The van der Waals surface area contributed by atoms with Crippen LogP contribution in [0.4, 0.5) is 5.82 Å². The van der Waals surface area contributed by atoms with Gasteiger partial charge in [-0.05, 0) is 41.5 Å². The molecule has 0 fully saturated rings. The van der Waals surface area contributed by atoms with Crippen molar-refractivity contribution in [2.75, 3.05) is 19.1 Å². The van der Waals surface area contributed by atoms with Crippen LogP contribution < -0.4 is 11.0 Å². The van der Waals surface area contributed by atoms with Gasteiger partial charge in [-0.1, -0.05) is 24.3 Å². The number of rotatable bonds is 2. The molecule has 2 N–H and O–H groups in total. The number of aryl methyl sites for hydroxylation is 1. The van der Waals surface area contributed by atoms with Crippen molar-refractivity contribution in [2.45, 2.75) is 0 Å². The molecule has 0 amide bonds. The Morgan fingerprint density at radius 1 is 1.18 bits per heavy atom. The molecule has 0 unspecified atom stereocenters. The van der Waals surface area contributed by atoms with Crippen LogP contribution in [0, 0.1) is 3.70 Å². The zero-order chi connectivity index (χ0) is 16.1. The summed E-state index contributed by atoms with van der Waals surface area (Å²) in [4.78, 5) is 8.44. The van der Waals surface area contributed by atoms with E-state index in [1.807, 2.05) is 35.9 Å². The third kappa shape index (κ3) is 2.44. The summed E-state index contributed by atoms with van der Waals surface area (Å²) in [7, 11) is -0.291. The Kier molecular flexibility index (Phi) is 3.77. The molecule has 114 valence electrons. The monoisotopic (exact) mass is 426 g/mol. The second kappa shape index (κ2) is 5.35. The highest BCUT2D eigenvalue weighted by Gasteiger charge is 2.19. The average molecular weight is 426 g/mol. The van der Waals surface area contributed by atoms with Gasteiger partial charge in [0.15, 0.2) is 0 Å². The Hall–Kier alpha value is -1.40. The fourth-order valence-electron chi connectivity index (χ4n) is 2.50. The minimum Gasteiger partial charge on any atom is -0.383 e. The molecule has 7 heteroatoms. The number of hydrogen-bond donors (Lipinski definition) is 1. The summed E-state index contributed by atoms with van der Waals surface area (Å²) in [5.41, 5.74) is 8.92. The first-order valence-electron chi connectivity index (χ1n) is 6.71. The van der Waals surface area contributed by atoms with E-state index in [2.05, 4.69) is 32.6 Å². The van der Waals surface area contributed by atoms with Gasteiger partial charge in [0.1, 0.15) is 24.9 Å². The third-order valence-electron chi connectivity index (χ3n) is 3.70. The number of halogens is 1. The summed E-state index contributed by atoms with van der Waals surface area (Å²) in [6, 6.07) is 7.81. The number of benzene rings is 1. The summed E-state index contributed by atoms with van der Waals surface area (Å²) in [5.74, 6) is 0.472. The van der Waals surface area contributed by atoms with Gasteiger partial charge < -0.3 is 14.9 Å². The van der Waals surface area contributed by atoms with Gasteiger partial charge in [-0.15, -0.1) is 0 Å². The molecule has 0 aliphatic heterocycles. The molecule has 0 saturated heterocycles. The Balaban J connectivity index is 2.27. The SMILES string of the molecule is Cn1c(I)c(-c2ccc(P(C)(C)=O)cc2)c2c(N)ncnc21. The quantitative estimate of drug-likeness (QED) is 0.505. The van der Waals surface area contributed by atoms with Crippen molar-refractivity contribution in [2.24, 2.45) is 7.05 Å². The Labute approximate surface area is 142 Å². The van der Waals surface area contributed by atoms with Crippen molar-refractivity contribution in [3.8, 4) is 11.1 Å². The van der Waals surface area contributed by atoms with Crippen LogP contribution in [-0.2, 0) is 11.6 Å². The van der Waals surface area contributed by atoms with E-state index in [0.717, 1.165) is 31.2 Å². The van der Waals surface area contributed by atoms with Crippen LogP contribution in [0.5, 0.6) is 0 Å². The van der Waals surface area contributed by atoms with Gasteiger partial charge in [0.05, 0.1) is 9.09 Å². The lowest BCUT2D eigenvalue weighted by Crippen LogP contribution is -2.01. The fourth-order valence-corrected chi connectivity index (χ4v) is 4.17. The zero-order valence-corrected chi connectivity index (χ0v) is 15.6. The molecule has 0 bridgehead atoms. The van der Waals surface area contributed by atoms with E-state index < -0.39 is 7.14 Å². The zero-order valence-electron chi connectivity index (χ0n) is 12.5. The lowest BCUT2D eigenvalue weighted by atomic mass is 10.1. The van der Waals surface area contributed by atoms with Gasteiger partial charge in [-0.25, -0.2) is 9.97 Å². The van der Waals surface area contributed by atoms with Crippen molar-refractivity contribution in [3.05, 3.63) is 34.3 Å². The van der Waals surface area contributed by atoms with E-state index in [1.165, 1.54) is 6.33 Å². The maximum Gasteiger partial charge on any atom is 0.146 e. The van der Waals surface area contributed by atoms with Crippen LogP contribution in [-0.4, -0.2) is 27.9 Å². The molecule has 0 spiro atoms. The van der Waals surface area contributed by atoms with Gasteiger partial charge in [0.25, 0.3) is 0 Å². The number of nitrogen functional groups attached to an aromatic ring is 1. The number of aromatic nitrogens is 3. The molecule has 22 heavy (non-hydrogen) atoms. The topological polar surface area (TPSA) is 73.8 Å². The molecule has 0 atom stereocenters. The molecule has 0 radical (unpaired) electrons. The summed E-state index contributed by atoms with van der Waals surface area (Å²) < 4.78 is 15.2. The van der Waals surface area contributed by atoms with Crippen molar-refractivity contribution in [1.29, 1.82) is 0 Å². The molecule has 3 rings (SSSR count). The second-order valence-corrected chi connectivity index (χ2v) is 9.82. The van der Waals surface area contributed by atoms with E-state index in [-0.39, 0.29) is 0 Å². The van der Waals surface area contributed by atoms with E-state index in [9.17, 15) is 4.57 Å². The minimum atomic E-state index is -2.25. The van der Waals surface area contributed by atoms with Crippen LogP contribution in [0.1, 0.15) is 0 Å². The average Bonchev–Trinajstić information content (AvgIpc) is 2.72. The molecule has 0 saturated carbocycles. The van der Waals surface area contributed by atoms with Crippen LogP contribution in [0.15, 0.2) is 30.6 Å². The van der Waals surface area contributed by atoms with Crippen molar-refractivity contribution in [3.63, 3.8) is 0 Å². The van der Waals surface area contributed by atoms with E-state index >= 15 is 0 Å². The highest BCUT2D eigenvalue weighted by Crippen LogP contribution is 2.38. The normalized spacial score (nSPS) is 12.0. The van der Waals surface area contributed by atoms with Crippen LogP contribution >= 0.6 is 29.7 Å². The highest BCUT2D eigenvalue weighted by molar-refractivity contribution is 14.1. The van der Waals surface area contributed by atoms with Crippen molar-refractivity contribution in [1.82, 2.24) is 14.5 Å². The van der Waals surface area contributed by atoms with Gasteiger partial charge in [0.2, 0.25) is 0 Å². The highest BCUT2D eigenvalue weighted by atomic mass is 127. The van der Waals surface area contributed by atoms with Crippen molar-refractivity contribution < 1.29 is 4.57 Å². The molecule has 0 aliphatic rings. The minimum absolute atomic E-state index is 0.472. The summed E-state index contributed by atoms with van der Waals surface area (Å²) in [5, 5.41) is 1.73. The molecule has 3 aromatic rings. The molecular formula is C15H16IN4OP. The molecule has 0 aliphatic carbocycles. The van der Waals surface area contributed by atoms with Crippen LogP contribution in [0.2, 0.25) is 0 Å². The standard InChI is InChI=1S/C15H16IN4OP/c1-20-13(16)11(12-14(17)18-8-19-15(12)20)9-4-6-10(7-5-9)22(2,3)21/h4-8H,1-3H3,(H2,17,18,19). The van der Waals surface area contributed by atoms with Gasteiger partial charge in [-0.2, -0.15) is 0 Å². The Bertz CT molecular complexity index is 911. The lowest BCUT2D eigenvalue weighted by Gasteiger charge is -2.08. The number of hydrogen-bond acceptors (Lipinski definition) is 4. The maximum absolute atomic E-state index is 12.2. The number of fused-ring (bicyclic) bond motifs is 1. The van der Waals surface area contributed by atoms with Gasteiger partial charge >= 0.3 is 0 Å². The summed E-state index contributed by atoms with van der Waals surface area (Å²) in [6.45, 7) is 3.55. The number of anilines is 1. The Morgan fingerprint density at radius 3 is 2.41 bits per heavy atom. The molecule has 1 aromatic carbocycles. The fraction of sp³-hybridized carbons (Fsp3) is 0.200. The molecule has 2 aromatic heterocycles.